The van der Waals surface area contributed by atoms with Crippen molar-refractivity contribution in [1.82, 2.24) is 15.4 Å². The van der Waals surface area contributed by atoms with Crippen LogP contribution in [0.2, 0.25) is 0 Å². The highest BCUT2D eigenvalue weighted by molar-refractivity contribution is 5.85. The lowest BCUT2D eigenvalue weighted by Gasteiger charge is -2.11. The molecule has 1 fully saturated rings. The number of aliphatic hydroxyl groups excluding tert-OH is 1. The lowest BCUT2D eigenvalue weighted by atomic mass is 9.95. The van der Waals surface area contributed by atoms with Crippen LogP contribution in [-0.4, -0.2) is 27.7 Å². The van der Waals surface area contributed by atoms with E-state index in [0.717, 1.165) is 48.3 Å². The smallest absolute Gasteiger partial charge is 0.126 e. The van der Waals surface area contributed by atoms with E-state index in [9.17, 15) is 0 Å². The fourth-order valence-electron chi connectivity index (χ4n) is 3.76. The summed E-state index contributed by atoms with van der Waals surface area (Å²) in [5.41, 5.74) is 9.04. The molecule has 2 heterocycles. The van der Waals surface area contributed by atoms with Gasteiger partial charge in [0, 0.05) is 18.1 Å². The Balaban J connectivity index is 1.72. The van der Waals surface area contributed by atoms with Gasteiger partial charge in [0.1, 0.15) is 11.6 Å². The van der Waals surface area contributed by atoms with Crippen molar-refractivity contribution in [3.05, 3.63) is 34.8 Å². The summed E-state index contributed by atoms with van der Waals surface area (Å²) in [6.07, 6.45) is 6.48. The Bertz CT molecular complexity index is 805. The fraction of sp³-hybridized carbons (Fsp3) is 0.550. The molecule has 1 aliphatic carbocycles. The second-order valence-electron chi connectivity index (χ2n) is 7.37. The Hall–Kier alpha value is -1.85. The van der Waals surface area contributed by atoms with Crippen molar-refractivity contribution < 1.29 is 9.94 Å². The molecule has 25 heavy (non-hydrogen) atoms. The molecule has 5 nitrogen and oxygen atoms in total. The fourth-order valence-corrected chi connectivity index (χ4v) is 3.76. The predicted molar refractivity (Wildman–Crippen MR) is 99.0 cm³/mol. The zero-order chi connectivity index (χ0) is 17.4. The van der Waals surface area contributed by atoms with Crippen LogP contribution in [0.4, 0.5) is 0 Å². The number of aliphatic hydroxyl groups is 1. The largest absolute Gasteiger partial charge is 0.413 e. The van der Waals surface area contributed by atoms with Gasteiger partial charge in [0.05, 0.1) is 17.1 Å². The number of hydrogen-bond acceptors (Lipinski definition) is 4. The summed E-state index contributed by atoms with van der Waals surface area (Å²) in [6, 6.07) is 4.69. The molecule has 1 saturated carbocycles. The van der Waals surface area contributed by atoms with E-state index in [4.69, 9.17) is 14.9 Å². The number of unbranched alkanes of at least 4 members (excludes halogenated alkanes) is 2. The maximum Gasteiger partial charge on any atom is 0.126 e. The van der Waals surface area contributed by atoms with Crippen LogP contribution in [0.1, 0.15) is 68.8 Å². The molecule has 2 aromatic rings. The molecule has 0 saturated heterocycles. The number of hydrogen-bond donors (Lipinski definition) is 3. The first-order chi connectivity index (χ1) is 12.2. The van der Waals surface area contributed by atoms with Crippen molar-refractivity contribution in [1.29, 1.82) is 0 Å². The third-order valence-corrected chi connectivity index (χ3v) is 5.26. The number of H-pyrrole nitrogens is 1. The summed E-state index contributed by atoms with van der Waals surface area (Å²) >= 11 is 0. The summed E-state index contributed by atoms with van der Waals surface area (Å²) in [7, 11) is 0. The van der Waals surface area contributed by atoms with Crippen LogP contribution >= 0.6 is 0 Å². The van der Waals surface area contributed by atoms with Gasteiger partial charge in [-0.05, 0) is 69.2 Å². The predicted octanol–water partition coefficient (Wildman–Crippen LogP) is 3.80. The van der Waals surface area contributed by atoms with Gasteiger partial charge in [-0.1, -0.05) is 6.42 Å². The summed E-state index contributed by atoms with van der Waals surface area (Å²) in [4.78, 5) is 14.0. The SMILES string of the molecule is CC1=C(c2cc(CCCCCO)c3nc(C4CC4)[nH]c3c2)C(C)NO1. The highest BCUT2D eigenvalue weighted by atomic mass is 16.7. The number of hydroxylamine groups is 1. The average Bonchev–Trinajstić information content (AvgIpc) is 3.27. The maximum absolute atomic E-state index is 9.01. The van der Waals surface area contributed by atoms with Crippen molar-refractivity contribution >= 4 is 16.6 Å². The van der Waals surface area contributed by atoms with Gasteiger partial charge in [0.25, 0.3) is 0 Å². The maximum atomic E-state index is 9.01. The van der Waals surface area contributed by atoms with Gasteiger partial charge in [-0.25, -0.2) is 4.98 Å². The molecule has 1 unspecified atom stereocenters. The molecule has 0 spiro atoms. The molecule has 1 aromatic carbocycles. The summed E-state index contributed by atoms with van der Waals surface area (Å²) in [5, 5.41) is 9.01. The molecule has 5 heteroatoms. The zero-order valence-electron chi connectivity index (χ0n) is 15.1. The normalized spacial score (nSPS) is 20.5. The van der Waals surface area contributed by atoms with E-state index < -0.39 is 0 Å². The molecule has 3 N–H and O–H groups in total. The van der Waals surface area contributed by atoms with Crippen LogP contribution in [0.5, 0.6) is 0 Å². The number of benzene rings is 1. The number of aromatic nitrogens is 2. The Morgan fingerprint density at radius 1 is 1.24 bits per heavy atom. The molecule has 1 aromatic heterocycles. The Kier molecular flexibility index (Phi) is 4.52. The number of aryl methyl sites for hydroxylation is 1. The van der Waals surface area contributed by atoms with Gasteiger partial charge in [-0.3, -0.25) is 0 Å². The molecule has 0 radical (unpaired) electrons. The first-order valence-electron chi connectivity index (χ1n) is 9.44. The van der Waals surface area contributed by atoms with E-state index in [1.165, 1.54) is 29.5 Å². The van der Waals surface area contributed by atoms with Crippen LogP contribution < -0.4 is 5.48 Å². The van der Waals surface area contributed by atoms with Gasteiger partial charge in [-0.15, -0.1) is 5.48 Å². The van der Waals surface area contributed by atoms with Crippen molar-refractivity contribution in [2.75, 3.05) is 6.61 Å². The number of nitrogens with one attached hydrogen (secondary N) is 2. The minimum Gasteiger partial charge on any atom is -0.413 e. The summed E-state index contributed by atoms with van der Waals surface area (Å²) in [5.74, 6) is 2.71. The minimum atomic E-state index is 0.186. The van der Waals surface area contributed by atoms with Gasteiger partial charge in [0.15, 0.2) is 0 Å². The molecule has 1 aliphatic heterocycles. The van der Waals surface area contributed by atoms with Crippen molar-refractivity contribution in [3.63, 3.8) is 0 Å². The second-order valence-corrected chi connectivity index (χ2v) is 7.37. The van der Waals surface area contributed by atoms with Crippen molar-refractivity contribution in [2.45, 2.75) is 64.3 Å². The highest BCUT2D eigenvalue weighted by Crippen LogP contribution is 2.40. The third kappa shape index (κ3) is 3.31. The molecule has 4 rings (SSSR count). The quantitative estimate of drug-likeness (QED) is 0.670. The van der Waals surface area contributed by atoms with Crippen molar-refractivity contribution in [3.8, 4) is 0 Å². The molecular weight excluding hydrogens is 314 g/mol. The van der Waals surface area contributed by atoms with Crippen LogP contribution in [0.3, 0.4) is 0 Å². The number of rotatable bonds is 7. The number of nitrogens with zero attached hydrogens (tertiary/aromatic N) is 1. The van der Waals surface area contributed by atoms with E-state index in [1.54, 1.807) is 0 Å². The molecule has 0 amide bonds. The number of aromatic amines is 1. The number of fused-ring (bicyclic) bond motifs is 1. The third-order valence-electron chi connectivity index (χ3n) is 5.26. The van der Waals surface area contributed by atoms with E-state index >= 15 is 0 Å². The van der Waals surface area contributed by atoms with E-state index in [1.807, 2.05) is 6.92 Å². The molecule has 134 valence electrons. The summed E-state index contributed by atoms with van der Waals surface area (Å²) < 4.78 is 0. The summed E-state index contributed by atoms with van der Waals surface area (Å²) in [6.45, 7) is 4.41. The second kappa shape index (κ2) is 6.81. The van der Waals surface area contributed by atoms with Gasteiger partial charge < -0.3 is 14.9 Å². The van der Waals surface area contributed by atoms with Crippen LogP contribution in [0.25, 0.3) is 16.6 Å². The average molecular weight is 341 g/mol. The van der Waals surface area contributed by atoms with E-state index in [0.29, 0.717) is 5.92 Å². The lowest BCUT2D eigenvalue weighted by molar-refractivity contribution is 0.122. The van der Waals surface area contributed by atoms with Crippen LogP contribution in [0.15, 0.2) is 17.9 Å². The molecular formula is C20H27N3O2. The van der Waals surface area contributed by atoms with Crippen LogP contribution in [-0.2, 0) is 11.3 Å². The topological polar surface area (TPSA) is 70.2 Å². The minimum absolute atomic E-state index is 0.186. The van der Waals surface area contributed by atoms with Gasteiger partial charge >= 0.3 is 0 Å². The van der Waals surface area contributed by atoms with Gasteiger partial charge in [-0.2, -0.15) is 0 Å². The van der Waals surface area contributed by atoms with E-state index in [-0.39, 0.29) is 12.6 Å². The monoisotopic (exact) mass is 341 g/mol. The molecule has 0 bridgehead atoms. The molecule has 2 aliphatic rings. The first kappa shape index (κ1) is 16.6. The Labute approximate surface area is 148 Å². The lowest BCUT2D eigenvalue weighted by Crippen LogP contribution is -2.19. The van der Waals surface area contributed by atoms with E-state index in [2.05, 4.69) is 29.5 Å². The molecule has 1 atom stereocenters. The number of imidazole rings is 1. The Morgan fingerprint density at radius 2 is 2.08 bits per heavy atom. The number of allylic oxidation sites excluding steroid dienone is 1. The van der Waals surface area contributed by atoms with Crippen LogP contribution in [0, 0.1) is 0 Å². The standard InChI is InChI=1S/C20H27N3O2/c1-12-18(13(2)25-23-12)16-10-15(6-4-3-5-9-24)19-17(11-16)21-20(22-19)14-7-8-14/h10-12,14,23-24H,3-9H2,1-2H3,(H,21,22). The van der Waals surface area contributed by atoms with Crippen molar-refractivity contribution in [2.24, 2.45) is 0 Å². The highest BCUT2D eigenvalue weighted by Gasteiger charge is 2.28. The Morgan fingerprint density at radius 3 is 2.76 bits per heavy atom. The van der Waals surface area contributed by atoms with Gasteiger partial charge in [0.2, 0.25) is 0 Å². The zero-order valence-corrected chi connectivity index (χ0v) is 15.1. The first-order valence-corrected chi connectivity index (χ1v) is 9.44.